The summed E-state index contributed by atoms with van der Waals surface area (Å²) in [5.74, 6) is -0.757. The van der Waals surface area contributed by atoms with Crippen LogP contribution in [0.3, 0.4) is 0 Å². The molecular formula is C4H8O4. The maximum atomic E-state index is 10.1. The Labute approximate surface area is 46.4 Å². The molecule has 0 amide bonds. The normalized spacial score (nSPS) is 13.4. The fourth-order valence-electron chi connectivity index (χ4n) is 0.207. The van der Waals surface area contributed by atoms with Gasteiger partial charge >= 0.3 is 0 Å². The number of carbonyl (C=O) groups is 1. The number of Topliss-reactive ketones (excluding diaryl/α,β-unsaturated/α-hetero) is 1. The molecule has 48 valence electrons. The number of hydrogen-bond donors (Lipinski definition) is 3. The molecule has 0 aliphatic heterocycles. The molecule has 0 aromatic carbocycles. The van der Waals surface area contributed by atoms with Crippen LogP contribution in [0.5, 0.6) is 0 Å². The average Bonchev–Trinajstić information content (AvgIpc) is 1.84. The number of aliphatic hydroxyl groups excluding tert-OH is 3. The van der Waals surface area contributed by atoms with Gasteiger partial charge in [0.25, 0.3) is 0 Å². The molecular weight excluding hydrogens is 112 g/mol. The van der Waals surface area contributed by atoms with E-state index in [1.165, 1.54) is 0 Å². The minimum Gasteiger partial charge on any atom is -0.393 e. The van der Waals surface area contributed by atoms with E-state index in [4.69, 9.17) is 15.3 Å². The van der Waals surface area contributed by atoms with Crippen LogP contribution in [-0.4, -0.2) is 40.4 Å². The van der Waals surface area contributed by atoms with Crippen LogP contribution in [0.15, 0.2) is 0 Å². The standard InChI is InChI=1S/C4H8O4/c5-1-3(7)4(8)2-6/h3,5-7H,1-2H2/t3-/m0/s1. The second-order valence-electron chi connectivity index (χ2n) is 1.32. The topological polar surface area (TPSA) is 77.8 Å². The van der Waals surface area contributed by atoms with Crippen LogP contribution in [0.1, 0.15) is 0 Å². The predicted molar refractivity (Wildman–Crippen MR) is 25.2 cm³/mol. The van der Waals surface area contributed by atoms with Gasteiger partial charge in [-0.1, -0.05) is 0 Å². The Morgan fingerprint density at radius 2 is 2.00 bits per heavy atom. The van der Waals surface area contributed by atoms with E-state index in [1.54, 1.807) is 0 Å². The van der Waals surface area contributed by atoms with Crippen LogP contribution < -0.4 is 0 Å². The fourth-order valence-corrected chi connectivity index (χ4v) is 0.207. The van der Waals surface area contributed by atoms with Crippen LogP contribution in [-0.2, 0) is 4.79 Å². The summed E-state index contributed by atoms with van der Waals surface area (Å²) in [6.45, 7) is -1.35. The SMILES string of the molecule is O=C(CO)[C@@H](O)CO. The van der Waals surface area contributed by atoms with E-state index in [9.17, 15) is 4.79 Å². The van der Waals surface area contributed by atoms with Crippen molar-refractivity contribution >= 4 is 5.78 Å². The van der Waals surface area contributed by atoms with Crippen molar-refractivity contribution in [2.24, 2.45) is 0 Å². The summed E-state index contributed by atoms with van der Waals surface area (Å²) >= 11 is 0. The lowest BCUT2D eigenvalue weighted by molar-refractivity contribution is -0.131. The molecule has 0 radical (unpaired) electrons. The molecule has 0 saturated heterocycles. The molecule has 0 spiro atoms. The minimum atomic E-state index is -1.42. The lowest BCUT2D eigenvalue weighted by atomic mass is 10.3. The first-order valence-electron chi connectivity index (χ1n) is 2.15. The zero-order chi connectivity index (χ0) is 6.57. The van der Waals surface area contributed by atoms with Gasteiger partial charge in [0.15, 0.2) is 5.78 Å². The number of ketones is 1. The molecule has 3 N–H and O–H groups in total. The van der Waals surface area contributed by atoms with Gasteiger partial charge in [-0.25, -0.2) is 0 Å². The number of carbonyl (C=O) groups excluding carboxylic acids is 1. The highest BCUT2D eigenvalue weighted by molar-refractivity contribution is 5.83. The number of aliphatic hydroxyl groups is 3. The molecule has 0 saturated carbocycles. The minimum absolute atomic E-state index is 0.626. The van der Waals surface area contributed by atoms with Gasteiger partial charge in [-0.3, -0.25) is 4.79 Å². The van der Waals surface area contributed by atoms with Crippen molar-refractivity contribution in [2.75, 3.05) is 13.2 Å². The van der Waals surface area contributed by atoms with Gasteiger partial charge in [-0.15, -0.1) is 0 Å². The lowest BCUT2D eigenvalue weighted by Crippen LogP contribution is -2.26. The first-order chi connectivity index (χ1) is 3.72. The van der Waals surface area contributed by atoms with Gasteiger partial charge in [0.2, 0.25) is 0 Å². The van der Waals surface area contributed by atoms with Gasteiger partial charge in [-0.05, 0) is 0 Å². The predicted octanol–water partition coefficient (Wildman–Crippen LogP) is -2.10. The van der Waals surface area contributed by atoms with Crippen molar-refractivity contribution in [3.8, 4) is 0 Å². The lowest BCUT2D eigenvalue weighted by Gasteiger charge is -2.00. The van der Waals surface area contributed by atoms with E-state index < -0.39 is 25.1 Å². The highest BCUT2D eigenvalue weighted by atomic mass is 16.3. The third-order valence-electron chi connectivity index (χ3n) is 0.700. The third-order valence-corrected chi connectivity index (χ3v) is 0.700. The highest BCUT2D eigenvalue weighted by Gasteiger charge is 2.10. The summed E-state index contributed by atoms with van der Waals surface area (Å²) < 4.78 is 0. The van der Waals surface area contributed by atoms with Crippen molar-refractivity contribution in [2.45, 2.75) is 6.10 Å². The largest absolute Gasteiger partial charge is 0.393 e. The maximum Gasteiger partial charge on any atom is 0.188 e. The molecule has 0 unspecified atom stereocenters. The first-order valence-corrected chi connectivity index (χ1v) is 2.15. The second kappa shape index (κ2) is 3.54. The zero-order valence-electron chi connectivity index (χ0n) is 4.24. The maximum absolute atomic E-state index is 10.1. The zero-order valence-corrected chi connectivity index (χ0v) is 4.24. The van der Waals surface area contributed by atoms with E-state index in [0.717, 1.165) is 0 Å². The first kappa shape index (κ1) is 7.55. The Hall–Kier alpha value is -0.450. The van der Waals surface area contributed by atoms with E-state index in [1.807, 2.05) is 0 Å². The van der Waals surface area contributed by atoms with Crippen LogP contribution in [0.2, 0.25) is 0 Å². The van der Waals surface area contributed by atoms with Crippen molar-refractivity contribution in [1.82, 2.24) is 0 Å². The summed E-state index contributed by atoms with van der Waals surface area (Å²) in [5, 5.41) is 24.4. The van der Waals surface area contributed by atoms with Crippen LogP contribution >= 0.6 is 0 Å². The molecule has 0 aliphatic carbocycles. The number of rotatable bonds is 3. The molecule has 0 bridgehead atoms. The smallest absolute Gasteiger partial charge is 0.188 e. The number of hydrogen-bond acceptors (Lipinski definition) is 4. The van der Waals surface area contributed by atoms with Crippen LogP contribution in [0, 0.1) is 0 Å². The Morgan fingerprint density at radius 1 is 1.50 bits per heavy atom. The molecule has 0 aromatic rings. The molecule has 0 heterocycles. The Kier molecular flexibility index (Phi) is 3.34. The molecule has 1 atom stereocenters. The molecule has 0 aromatic heterocycles. The quantitative estimate of drug-likeness (QED) is 0.398. The molecule has 0 rings (SSSR count). The van der Waals surface area contributed by atoms with Crippen molar-refractivity contribution in [3.63, 3.8) is 0 Å². The molecule has 4 heteroatoms. The summed E-state index contributed by atoms with van der Waals surface area (Å²) in [7, 11) is 0. The molecule has 4 nitrogen and oxygen atoms in total. The van der Waals surface area contributed by atoms with E-state index >= 15 is 0 Å². The summed E-state index contributed by atoms with van der Waals surface area (Å²) in [6, 6.07) is 0. The van der Waals surface area contributed by atoms with Crippen molar-refractivity contribution in [3.05, 3.63) is 0 Å². The fraction of sp³-hybridized carbons (Fsp3) is 0.750. The Balaban J connectivity index is 3.46. The Bertz CT molecular complexity index is 80.1. The summed E-state index contributed by atoms with van der Waals surface area (Å²) in [4.78, 5) is 10.1. The molecule has 0 fully saturated rings. The second-order valence-corrected chi connectivity index (χ2v) is 1.32. The van der Waals surface area contributed by atoms with Crippen molar-refractivity contribution < 1.29 is 20.1 Å². The van der Waals surface area contributed by atoms with Crippen molar-refractivity contribution in [1.29, 1.82) is 0 Å². The third kappa shape index (κ3) is 2.02. The van der Waals surface area contributed by atoms with Gasteiger partial charge < -0.3 is 15.3 Å². The summed E-state index contributed by atoms with van der Waals surface area (Å²) in [5.41, 5.74) is 0. The molecule has 8 heavy (non-hydrogen) atoms. The van der Waals surface area contributed by atoms with Crippen LogP contribution in [0.25, 0.3) is 0 Å². The van der Waals surface area contributed by atoms with Gasteiger partial charge in [-0.2, -0.15) is 0 Å². The van der Waals surface area contributed by atoms with E-state index in [-0.39, 0.29) is 0 Å². The van der Waals surface area contributed by atoms with Crippen LogP contribution in [0.4, 0.5) is 0 Å². The average molecular weight is 120 g/mol. The summed E-state index contributed by atoms with van der Waals surface area (Å²) in [6.07, 6.45) is -1.42. The highest BCUT2D eigenvalue weighted by Crippen LogP contribution is 1.80. The Morgan fingerprint density at radius 3 is 2.12 bits per heavy atom. The molecule has 0 aliphatic rings. The van der Waals surface area contributed by atoms with E-state index in [0.29, 0.717) is 0 Å². The van der Waals surface area contributed by atoms with Gasteiger partial charge in [0.1, 0.15) is 12.7 Å². The monoisotopic (exact) mass is 120 g/mol. The van der Waals surface area contributed by atoms with E-state index in [2.05, 4.69) is 0 Å². The van der Waals surface area contributed by atoms with Gasteiger partial charge in [0.05, 0.1) is 6.61 Å². The van der Waals surface area contributed by atoms with Gasteiger partial charge in [0, 0.05) is 0 Å².